The van der Waals surface area contributed by atoms with Gasteiger partial charge in [0, 0.05) is 6.21 Å². The molecule has 2 atom stereocenters. The maximum Gasteiger partial charge on any atom is 0.334 e. The minimum absolute atomic E-state index is 0.233. The summed E-state index contributed by atoms with van der Waals surface area (Å²) < 4.78 is 12.9. The average molecular weight is 657 g/mol. The van der Waals surface area contributed by atoms with Crippen LogP contribution in [-0.4, -0.2) is 35.6 Å². The second kappa shape index (κ2) is 15.3. The van der Waals surface area contributed by atoms with Crippen molar-refractivity contribution in [2.24, 2.45) is 4.99 Å². The Labute approximate surface area is 292 Å². The molecule has 7 rings (SSSR count). The summed E-state index contributed by atoms with van der Waals surface area (Å²) in [7, 11) is 0. The number of amides is 1. The third kappa shape index (κ3) is 7.40. The largest absolute Gasteiger partial charge is 0.481 e. The molecule has 0 spiro atoms. The molecule has 6 aromatic rings. The number of aliphatic imine (C=N–C) groups is 1. The summed E-state index contributed by atoms with van der Waals surface area (Å²) >= 11 is 0. The lowest BCUT2D eigenvalue weighted by atomic mass is 9.97. The molecule has 246 valence electrons. The molecule has 0 bridgehead atoms. The highest BCUT2D eigenvalue weighted by Crippen LogP contribution is 2.35. The van der Waals surface area contributed by atoms with E-state index in [1.54, 1.807) is 11.1 Å². The molecule has 6 nitrogen and oxygen atoms in total. The Hall–Kier alpha value is -6.27. The molecule has 1 aliphatic heterocycles. The van der Waals surface area contributed by atoms with Gasteiger partial charge in [0.1, 0.15) is 17.9 Å². The number of benzene rings is 6. The standard InChI is InChI=1S/C44H36N2O4/c47-43-39(45-30-32-16-6-1-7-17-32)31-46(43)40(44(48)50-42(36-22-12-4-13-23-36)37-24-14-5-15-25-37)33-26-28-38(29-27-33)49-41(34-18-8-2-9-19-34)35-20-10-3-11-21-35/h1-30,39-42H,31H2/t39-,40?/m0/s1. The number of hydrogen-bond acceptors (Lipinski definition) is 5. The molecule has 1 saturated heterocycles. The second-order valence-corrected chi connectivity index (χ2v) is 12.1. The van der Waals surface area contributed by atoms with Crippen molar-refractivity contribution in [1.82, 2.24) is 4.90 Å². The van der Waals surface area contributed by atoms with Crippen LogP contribution in [-0.2, 0) is 14.3 Å². The quantitative estimate of drug-likeness (QED) is 0.0752. The van der Waals surface area contributed by atoms with Gasteiger partial charge in [0.05, 0.1) is 6.54 Å². The second-order valence-electron chi connectivity index (χ2n) is 12.1. The van der Waals surface area contributed by atoms with Gasteiger partial charge in [0.15, 0.2) is 12.1 Å². The fourth-order valence-corrected chi connectivity index (χ4v) is 6.15. The van der Waals surface area contributed by atoms with Crippen LogP contribution in [0, 0.1) is 0 Å². The summed E-state index contributed by atoms with van der Waals surface area (Å²) in [4.78, 5) is 34.0. The van der Waals surface area contributed by atoms with Gasteiger partial charge in [0.25, 0.3) is 0 Å². The van der Waals surface area contributed by atoms with Gasteiger partial charge < -0.3 is 14.4 Å². The van der Waals surface area contributed by atoms with E-state index in [-0.39, 0.29) is 18.6 Å². The van der Waals surface area contributed by atoms with Crippen molar-refractivity contribution in [3.05, 3.63) is 209 Å². The van der Waals surface area contributed by atoms with Gasteiger partial charge >= 0.3 is 5.97 Å². The predicted octanol–water partition coefficient (Wildman–Crippen LogP) is 8.56. The first-order chi connectivity index (χ1) is 24.6. The maximum absolute atomic E-state index is 14.3. The molecule has 1 heterocycles. The lowest BCUT2D eigenvalue weighted by Crippen LogP contribution is -2.58. The van der Waals surface area contributed by atoms with Crippen molar-refractivity contribution in [2.75, 3.05) is 6.54 Å². The molecule has 1 fully saturated rings. The van der Waals surface area contributed by atoms with E-state index < -0.39 is 24.2 Å². The topological polar surface area (TPSA) is 68.2 Å². The van der Waals surface area contributed by atoms with Crippen LogP contribution < -0.4 is 4.74 Å². The van der Waals surface area contributed by atoms with Gasteiger partial charge in [-0.05, 0) is 45.5 Å². The lowest BCUT2D eigenvalue weighted by molar-refractivity contribution is -0.164. The van der Waals surface area contributed by atoms with Gasteiger partial charge in [-0.2, -0.15) is 0 Å². The first-order valence-corrected chi connectivity index (χ1v) is 16.7. The number of likely N-dealkylation sites (tertiary alicyclic amines) is 1. The summed E-state index contributed by atoms with van der Waals surface area (Å²) in [5.41, 5.74) is 5.24. The summed E-state index contributed by atoms with van der Waals surface area (Å²) in [5, 5.41) is 0. The highest BCUT2D eigenvalue weighted by atomic mass is 16.5. The Kier molecular flexibility index (Phi) is 9.88. The van der Waals surface area contributed by atoms with E-state index in [4.69, 9.17) is 9.47 Å². The molecule has 1 aliphatic rings. The van der Waals surface area contributed by atoms with Crippen molar-refractivity contribution in [3.8, 4) is 5.75 Å². The SMILES string of the molecule is O=C(OC(c1ccccc1)c1ccccc1)C(c1ccc(OC(c2ccccc2)c2ccccc2)cc1)N1C[C@H](N=Cc2ccccc2)C1=O. The van der Waals surface area contributed by atoms with Crippen LogP contribution in [0.4, 0.5) is 0 Å². The molecule has 0 aromatic heterocycles. The zero-order valence-electron chi connectivity index (χ0n) is 27.4. The van der Waals surface area contributed by atoms with E-state index in [1.165, 1.54) is 0 Å². The summed E-state index contributed by atoms with van der Waals surface area (Å²) in [6.07, 6.45) is 0.716. The lowest BCUT2D eigenvalue weighted by Gasteiger charge is -2.41. The van der Waals surface area contributed by atoms with Gasteiger partial charge in [-0.25, -0.2) is 4.79 Å². The molecule has 1 amide bonds. The Morgan fingerprint density at radius 2 is 1.02 bits per heavy atom. The summed E-state index contributed by atoms with van der Waals surface area (Å²) in [6.45, 7) is 0.283. The summed E-state index contributed by atoms with van der Waals surface area (Å²) in [6, 6.07) is 54.8. The van der Waals surface area contributed by atoms with Crippen LogP contribution in [0.25, 0.3) is 0 Å². The Bertz CT molecular complexity index is 1940. The van der Waals surface area contributed by atoms with E-state index in [0.29, 0.717) is 11.3 Å². The number of hydrogen-bond donors (Lipinski definition) is 0. The number of nitrogens with zero attached hydrogens (tertiary/aromatic N) is 2. The fraction of sp³-hybridized carbons (Fsp3) is 0.114. The van der Waals surface area contributed by atoms with Gasteiger partial charge in [-0.1, -0.05) is 164 Å². The third-order valence-corrected chi connectivity index (χ3v) is 8.77. The van der Waals surface area contributed by atoms with E-state index in [1.807, 2.05) is 176 Å². The Morgan fingerprint density at radius 1 is 0.580 bits per heavy atom. The van der Waals surface area contributed by atoms with Gasteiger partial charge in [-0.3, -0.25) is 9.79 Å². The zero-order chi connectivity index (χ0) is 34.1. The van der Waals surface area contributed by atoms with Crippen molar-refractivity contribution < 1.29 is 19.1 Å². The number of carbonyl (C=O) groups excluding carboxylic acids is 2. The molecule has 6 heteroatoms. The molecular weight excluding hydrogens is 620 g/mol. The van der Waals surface area contributed by atoms with Gasteiger partial charge in [-0.15, -0.1) is 0 Å². The average Bonchev–Trinajstić information content (AvgIpc) is 3.19. The number of ether oxygens (including phenoxy) is 2. The van der Waals surface area contributed by atoms with Crippen LogP contribution in [0.15, 0.2) is 181 Å². The Morgan fingerprint density at radius 3 is 1.48 bits per heavy atom. The van der Waals surface area contributed by atoms with Crippen molar-refractivity contribution in [2.45, 2.75) is 24.3 Å². The molecule has 0 aliphatic carbocycles. The number of β-lactam (4-membered cyclic amide) rings is 1. The molecule has 6 aromatic carbocycles. The molecule has 0 saturated carbocycles. The van der Waals surface area contributed by atoms with Gasteiger partial charge in [0.2, 0.25) is 5.91 Å². The van der Waals surface area contributed by atoms with Crippen LogP contribution in [0.5, 0.6) is 5.75 Å². The first kappa shape index (κ1) is 32.3. The van der Waals surface area contributed by atoms with Crippen LogP contribution in [0.1, 0.15) is 51.6 Å². The molecule has 1 unspecified atom stereocenters. The highest BCUT2D eigenvalue weighted by Gasteiger charge is 2.45. The van der Waals surface area contributed by atoms with Crippen LogP contribution in [0.2, 0.25) is 0 Å². The van der Waals surface area contributed by atoms with E-state index in [2.05, 4.69) is 4.99 Å². The van der Waals surface area contributed by atoms with E-state index in [0.717, 1.165) is 27.8 Å². The third-order valence-electron chi connectivity index (χ3n) is 8.77. The predicted molar refractivity (Wildman–Crippen MR) is 195 cm³/mol. The molecular formula is C44H36N2O4. The van der Waals surface area contributed by atoms with E-state index >= 15 is 0 Å². The minimum Gasteiger partial charge on any atom is -0.481 e. The van der Waals surface area contributed by atoms with Crippen LogP contribution >= 0.6 is 0 Å². The first-order valence-electron chi connectivity index (χ1n) is 16.7. The highest BCUT2D eigenvalue weighted by molar-refractivity contribution is 5.95. The normalized spacial score (nSPS) is 14.8. The maximum atomic E-state index is 14.3. The minimum atomic E-state index is -0.978. The number of carbonyl (C=O) groups is 2. The monoisotopic (exact) mass is 656 g/mol. The smallest absolute Gasteiger partial charge is 0.334 e. The molecule has 0 radical (unpaired) electrons. The zero-order valence-corrected chi connectivity index (χ0v) is 27.4. The van der Waals surface area contributed by atoms with Crippen molar-refractivity contribution in [3.63, 3.8) is 0 Å². The molecule has 0 N–H and O–H groups in total. The van der Waals surface area contributed by atoms with Crippen LogP contribution in [0.3, 0.4) is 0 Å². The number of rotatable bonds is 12. The fourth-order valence-electron chi connectivity index (χ4n) is 6.15. The summed E-state index contributed by atoms with van der Waals surface area (Å²) in [5.74, 6) is -0.129. The van der Waals surface area contributed by atoms with Crippen molar-refractivity contribution in [1.29, 1.82) is 0 Å². The number of esters is 1. The Balaban J connectivity index is 1.18. The van der Waals surface area contributed by atoms with Crippen molar-refractivity contribution >= 4 is 18.1 Å². The van der Waals surface area contributed by atoms with E-state index in [9.17, 15) is 9.59 Å². The molecule has 50 heavy (non-hydrogen) atoms.